The Balaban J connectivity index is 1.42. The molecule has 9 heteroatoms. The molecule has 3 aliphatic rings. The van der Waals surface area contributed by atoms with Crippen LogP contribution in [0.1, 0.15) is 45.1 Å². The summed E-state index contributed by atoms with van der Waals surface area (Å²) in [5, 5.41) is 2.87. The number of benzene rings is 3. The van der Waals surface area contributed by atoms with Crippen molar-refractivity contribution >= 4 is 11.8 Å². The molecule has 2 amide bonds. The smallest absolute Gasteiger partial charge is 0.256 e. The highest BCUT2D eigenvalue weighted by atomic mass is 19.1. The number of halogens is 1. The van der Waals surface area contributed by atoms with E-state index < -0.39 is 11.9 Å². The Labute approximate surface area is 235 Å². The summed E-state index contributed by atoms with van der Waals surface area (Å²) in [5.74, 6) is 0.241. The van der Waals surface area contributed by atoms with Crippen LogP contribution in [0, 0.1) is 5.82 Å². The first-order valence-corrected chi connectivity index (χ1v) is 13.5. The highest BCUT2D eigenvalue weighted by molar-refractivity contribution is 5.94. The molecule has 4 heterocycles. The SMILES string of the molecule is O=C1Cc2ccc(F)c(c2)Oc2ccc3c(c2)CCN(C(=O)c2ccc(=O)[nH]c2)C3c2cccc(c2)OCCCN1. The lowest BCUT2D eigenvalue weighted by atomic mass is 9.87. The van der Waals surface area contributed by atoms with Crippen LogP contribution in [0.15, 0.2) is 83.8 Å². The monoisotopic (exact) mass is 553 g/mol. The van der Waals surface area contributed by atoms with Gasteiger partial charge in [-0.1, -0.05) is 24.3 Å². The number of carbonyl (C=O) groups is 2. The van der Waals surface area contributed by atoms with Crippen LogP contribution in [0.3, 0.4) is 0 Å². The average Bonchev–Trinajstić information content (AvgIpc) is 2.98. The highest BCUT2D eigenvalue weighted by Gasteiger charge is 2.33. The molecule has 41 heavy (non-hydrogen) atoms. The summed E-state index contributed by atoms with van der Waals surface area (Å²) in [4.78, 5) is 42.1. The van der Waals surface area contributed by atoms with Crippen molar-refractivity contribution in [3.63, 3.8) is 0 Å². The van der Waals surface area contributed by atoms with E-state index >= 15 is 0 Å². The Bertz CT molecular complexity index is 1660. The molecule has 0 saturated heterocycles. The number of hydrogen-bond donors (Lipinski definition) is 2. The van der Waals surface area contributed by atoms with Crippen LogP contribution in [0.2, 0.25) is 0 Å². The van der Waals surface area contributed by atoms with Gasteiger partial charge in [0.05, 0.1) is 24.6 Å². The Morgan fingerprint density at radius 3 is 2.73 bits per heavy atom. The predicted octanol–water partition coefficient (Wildman–Crippen LogP) is 4.54. The third-order valence-electron chi connectivity index (χ3n) is 7.31. The van der Waals surface area contributed by atoms with Gasteiger partial charge in [0.25, 0.3) is 5.91 Å². The second-order valence-corrected chi connectivity index (χ2v) is 10.1. The number of carbonyl (C=O) groups excluding carboxylic acids is 2. The zero-order valence-corrected chi connectivity index (χ0v) is 22.2. The van der Waals surface area contributed by atoms with E-state index in [1.807, 2.05) is 36.4 Å². The zero-order chi connectivity index (χ0) is 28.3. The fourth-order valence-electron chi connectivity index (χ4n) is 5.33. The molecule has 0 saturated carbocycles. The van der Waals surface area contributed by atoms with Gasteiger partial charge in [0.2, 0.25) is 11.5 Å². The molecule has 3 aromatic carbocycles. The molecule has 0 radical (unpaired) electrons. The lowest BCUT2D eigenvalue weighted by molar-refractivity contribution is -0.120. The molecule has 0 fully saturated rings. The number of hydrogen-bond acceptors (Lipinski definition) is 5. The van der Waals surface area contributed by atoms with Crippen molar-refractivity contribution < 1.29 is 23.5 Å². The van der Waals surface area contributed by atoms with Gasteiger partial charge in [-0.05, 0) is 77.6 Å². The molecule has 8 bridgehead atoms. The summed E-state index contributed by atoms with van der Waals surface area (Å²) in [7, 11) is 0. The van der Waals surface area contributed by atoms with E-state index in [4.69, 9.17) is 9.47 Å². The molecule has 4 aromatic rings. The lowest BCUT2D eigenvalue weighted by Crippen LogP contribution is -2.40. The Morgan fingerprint density at radius 1 is 0.976 bits per heavy atom. The highest BCUT2D eigenvalue weighted by Crippen LogP contribution is 2.39. The molecule has 0 spiro atoms. The van der Waals surface area contributed by atoms with Crippen molar-refractivity contribution in [3.8, 4) is 17.2 Å². The molecule has 2 N–H and O–H groups in total. The number of H-pyrrole nitrogens is 1. The Morgan fingerprint density at radius 2 is 1.88 bits per heavy atom. The Kier molecular flexibility index (Phi) is 7.24. The van der Waals surface area contributed by atoms with Crippen LogP contribution in [0.5, 0.6) is 17.2 Å². The predicted molar refractivity (Wildman–Crippen MR) is 150 cm³/mol. The van der Waals surface area contributed by atoms with Gasteiger partial charge >= 0.3 is 0 Å². The molecule has 1 aromatic heterocycles. The fourth-order valence-corrected chi connectivity index (χ4v) is 5.33. The molecule has 8 nitrogen and oxygen atoms in total. The van der Waals surface area contributed by atoms with E-state index in [9.17, 15) is 18.8 Å². The first-order chi connectivity index (χ1) is 19.9. The van der Waals surface area contributed by atoms with Crippen molar-refractivity contribution in [2.75, 3.05) is 19.7 Å². The van der Waals surface area contributed by atoms with E-state index in [1.54, 1.807) is 23.1 Å². The van der Waals surface area contributed by atoms with Gasteiger partial charge in [-0.25, -0.2) is 4.39 Å². The third kappa shape index (κ3) is 5.70. The summed E-state index contributed by atoms with van der Waals surface area (Å²) in [5.41, 5.74) is 3.49. The first kappa shape index (κ1) is 26.3. The largest absolute Gasteiger partial charge is 0.494 e. The Hall–Kier alpha value is -4.92. The topological polar surface area (TPSA) is 101 Å². The van der Waals surface area contributed by atoms with Crippen LogP contribution >= 0.6 is 0 Å². The number of nitrogens with zero attached hydrogens (tertiary/aromatic N) is 1. The molecule has 0 aliphatic carbocycles. The van der Waals surface area contributed by atoms with Crippen LogP contribution in [0.25, 0.3) is 0 Å². The van der Waals surface area contributed by atoms with Crippen molar-refractivity contribution in [1.82, 2.24) is 15.2 Å². The maximum absolute atomic E-state index is 14.7. The van der Waals surface area contributed by atoms with Gasteiger partial charge in [0, 0.05) is 25.4 Å². The van der Waals surface area contributed by atoms with Gasteiger partial charge in [0.15, 0.2) is 11.6 Å². The van der Waals surface area contributed by atoms with Gasteiger partial charge in [0.1, 0.15) is 11.5 Å². The molecular weight excluding hydrogens is 525 g/mol. The third-order valence-corrected chi connectivity index (χ3v) is 7.31. The summed E-state index contributed by atoms with van der Waals surface area (Å²) in [6, 6.07) is 20.0. The van der Waals surface area contributed by atoms with Gasteiger partial charge in [-0.15, -0.1) is 0 Å². The maximum Gasteiger partial charge on any atom is 0.256 e. The van der Waals surface area contributed by atoms with Crippen LogP contribution in [0.4, 0.5) is 4.39 Å². The molecule has 1 atom stereocenters. The number of aromatic amines is 1. The molecule has 208 valence electrons. The van der Waals surface area contributed by atoms with E-state index in [1.165, 1.54) is 24.4 Å². The fraction of sp³-hybridized carbons (Fsp3) is 0.219. The minimum absolute atomic E-state index is 0.0384. The van der Waals surface area contributed by atoms with E-state index in [0.29, 0.717) is 55.2 Å². The standard InChI is InChI=1S/C32H28FN3O5/c33-27-9-5-20-15-28(27)41-25-7-8-26-21(17-25)11-13-36(32(39)23-6-10-29(37)35-19-23)31(26)22-3-1-4-24(18-22)40-14-2-12-34-30(38)16-20/h1,3-10,15,17-19,31H,2,11-14,16H2,(H,34,38)(H,35,37). The molecule has 1 unspecified atom stereocenters. The zero-order valence-electron chi connectivity index (χ0n) is 22.2. The van der Waals surface area contributed by atoms with Gasteiger partial charge in [-0.3, -0.25) is 14.4 Å². The van der Waals surface area contributed by atoms with Crippen molar-refractivity contribution in [1.29, 1.82) is 0 Å². The van der Waals surface area contributed by atoms with Crippen molar-refractivity contribution in [3.05, 3.63) is 123 Å². The van der Waals surface area contributed by atoms with E-state index in [2.05, 4.69) is 10.3 Å². The number of amides is 2. The minimum Gasteiger partial charge on any atom is -0.494 e. The van der Waals surface area contributed by atoms with Crippen molar-refractivity contribution in [2.24, 2.45) is 0 Å². The second kappa shape index (κ2) is 11.3. The number of fused-ring (bicyclic) bond motifs is 7. The summed E-state index contributed by atoms with van der Waals surface area (Å²) >= 11 is 0. The van der Waals surface area contributed by atoms with Crippen LogP contribution < -0.4 is 20.3 Å². The van der Waals surface area contributed by atoms with Crippen LogP contribution in [-0.2, 0) is 17.6 Å². The number of aromatic nitrogens is 1. The number of nitrogens with one attached hydrogen (secondary N) is 2. The number of rotatable bonds is 1. The van der Waals surface area contributed by atoms with E-state index in [-0.39, 0.29) is 29.5 Å². The lowest BCUT2D eigenvalue weighted by Gasteiger charge is -2.38. The number of pyridine rings is 1. The average molecular weight is 554 g/mol. The molecule has 7 rings (SSSR count). The first-order valence-electron chi connectivity index (χ1n) is 13.5. The molecule has 3 aliphatic heterocycles. The van der Waals surface area contributed by atoms with Gasteiger partial charge < -0.3 is 24.7 Å². The normalized spacial score (nSPS) is 16.9. The van der Waals surface area contributed by atoms with Gasteiger partial charge in [-0.2, -0.15) is 0 Å². The quantitative estimate of drug-likeness (QED) is 0.361. The summed E-state index contributed by atoms with van der Waals surface area (Å²) in [6.07, 6.45) is 2.68. The summed E-state index contributed by atoms with van der Waals surface area (Å²) < 4.78 is 26.7. The summed E-state index contributed by atoms with van der Waals surface area (Å²) in [6.45, 7) is 1.24. The minimum atomic E-state index is -0.526. The van der Waals surface area contributed by atoms with Crippen molar-refractivity contribution in [2.45, 2.75) is 25.3 Å². The van der Waals surface area contributed by atoms with E-state index in [0.717, 1.165) is 16.7 Å². The maximum atomic E-state index is 14.7. The second-order valence-electron chi connectivity index (χ2n) is 10.1. The number of ether oxygens (including phenoxy) is 2. The molecular formula is C32H28FN3O5. The van der Waals surface area contributed by atoms with Crippen LogP contribution in [-0.4, -0.2) is 41.4 Å².